The van der Waals surface area contributed by atoms with Gasteiger partial charge in [0.25, 0.3) is 0 Å². The molecule has 3 heteroatoms. The molecule has 2 rings (SSSR count). The molecule has 84 valence electrons. The van der Waals surface area contributed by atoms with Gasteiger partial charge in [-0.05, 0) is 44.8 Å². The summed E-state index contributed by atoms with van der Waals surface area (Å²) < 4.78 is 2.06. The molecule has 0 radical (unpaired) electrons. The predicted molar refractivity (Wildman–Crippen MR) is 62.0 cm³/mol. The van der Waals surface area contributed by atoms with Crippen LogP contribution in [0.3, 0.4) is 0 Å². The Morgan fingerprint density at radius 2 is 2.47 bits per heavy atom. The predicted octanol–water partition coefficient (Wildman–Crippen LogP) is 1.83. The maximum Gasteiger partial charge on any atom is 0.0596 e. The van der Waals surface area contributed by atoms with Gasteiger partial charge < -0.3 is 5.32 Å². The van der Waals surface area contributed by atoms with Crippen molar-refractivity contribution in [2.75, 3.05) is 13.1 Å². The summed E-state index contributed by atoms with van der Waals surface area (Å²) in [4.78, 5) is 0. The average molecular weight is 207 g/mol. The largest absolute Gasteiger partial charge is 0.316 e. The van der Waals surface area contributed by atoms with E-state index in [9.17, 15) is 0 Å². The van der Waals surface area contributed by atoms with Crippen LogP contribution >= 0.6 is 0 Å². The molecule has 1 aliphatic heterocycles. The van der Waals surface area contributed by atoms with Gasteiger partial charge in [0.15, 0.2) is 0 Å². The first kappa shape index (κ1) is 10.7. The van der Waals surface area contributed by atoms with Crippen molar-refractivity contribution in [1.82, 2.24) is 15.1 Å². The summed E-state index contributed by atoms with van der Waals surface area (Å²) in [6, 6.07) is 2.24. The van der Waals surface area contributed by atoms with Crippen LogP contribution in [0.5, 0.6) is 0 Å². The summed E-state index contributed by atoms with van der Waals surface area (Å²) in [5.74, 6) is 1.47. The Morgan fingerprint density at radius 1 is 1.67 bits per heavy atom. The Kier molecular flexibility index (Phi) is 3.10. The Balaban J connectivity index is 2.21. The molecule has 0 amide bonds. The van der Waals surface area contributed by atoms with Crippen LogP contribution in [-0.4, -0.2) is 22.9 Å². The molecule has 1 aromatic heterocycles. The summed E-state index contributed by atoms with van der Waals surface area (Å²) in [6.45, 7) is 6.70. The van der Waals surface area contributed by atoms with Gasteiger partial charge >= 0.3 is 0 Å². The van der Waals surface area contributed by atoms with Gasteiger partial charge in [-0.1, -0.05) is 6.92 Å². The first-order chi connectivity index (χ1) is 7.22. The summed E-state index contributed by atoms with van der Waals surface area (Å²) in [7, 11) is 2.06. The third-order valence-electron chi connectivity index (χ3n) is 3.53. The summed E-state index contributed by atoms with van der Waals surface area (Å²) in [5.41, 5.74) is 2.54. The molecular formula is C12H21N3. The van der Waals surface area contributed by atoms with Gasteiger partial charge in [-0.15, -0.1) is 0 Å². The summed E-state index contributed by atoms with van der Waals surface area (Å²) in [5, 5.41) is 7.90. The molecule has 0 bridgehead atoms. The number of aromatic nitrogens is 2. The smallest absolute Gasteiger partial charge is 0.0596 e. The van der Waals surface area contributed by atoms with Crippen molar-refractivity contribution >= 4 is 0 Å². The highest BCUT2D eigenvalue weighted by Crippen LogP contribution is 2.31. The van der Waals surface area contributed by atoms with E-state index in [-0.39, 0.29) is 0 Å². The molecule has 0 aromatic carbocycles. The molecule has 2 unspecified atom stereocenters. The van der Waals surface area contributed by atoms with E-state index >= 15 is 0 Å². The Labute approximate surface area is 91.9 Å². The van der Waals surface area contributed by atoms with Crippen LogP contribution in [-0.2, 0) is 7.05 Å². The molecule has 15 heavy (non-hydrogen) atoms. The number of hydrogen-bond donors (Lipinski definition) is 1. The standard InChI is InChI=1S/C12H21N3/c1-4-11(10-5-6-13-8-10)12-7-9(2)14-15(12)3/h7,10-11,13H,4-6,8H2,1-3H3. The normalized spacial score (nSPS) is 23.3. The number of nitrogens with one attached hydrogen (secondary N) is 1. The highest BCUT2D eigenvalue weighted by atomic mass is 15.3. The first-order valence-electron chi connectivity index (χ1n) is 5.93. The maximum atomic E-state index is 4.45. The van der Waals surface area contributed by atoms with E-state index in [1.54, 1.807) is 0 Å². The fourth-order valence-corrected chi connectivity index (χ4v) is 2.78. The van der Waals surface area contributed by atoms with Gasteiger partial charge in [-0.2, -0.15) is 5.10 Å². The van der Waals surface area contributed by atoms with Crippen molar-refractivity contribution in [3.05, 3.63) is 17.5 Å². The summed E-state index contributed by atoms with van der Waals surface area (Å²) in [6.07, 6.45) is 2.52. The number of nitrogens with zero attached hydrogens (tertiary/aromatic N) is 2. The lowest BCUT2D eigenvalue weighted by atomic mass is 9.86. The lowest BCUT2D eigenvalue weighted by molar-refractivity contribution is 0.423. The minimum Gasteiger partial charge on any atom is -0.316 e. The fourth-order valence-electron chi connectivity index (χ4n) is 2.78. The van der Waals surface area contributed by atoms with Gasteiger partial charge in [-0.3, -0.25) is 4.68 Å². The zero-order valence-corrected chi connectivity index (χ0v) is 9.95. The van der Waals surface area contributed by atoms with Gasteiger partial charge in [0, 0.05) is 18.7 Å². The summed E-state index contributed by atoms with van der Waals surface area (Å²) >= 11 is 0. The SMILES string of the molecule is CCC(c1cc(C)nn1C)C1CCNC1. The molecule has 2 atom stereocenters. The maximum absolute atomic E-state index is 4.45. The number of rotatable bonds is 3. The zero-order valence-electron chi connectivity index (χ0n) is 9.95. The Morgan fingerprint density at radius 3 is 2.93 bits per heavy atom. The lowest BCUT2D eigenvalue weighted by Gasteiger charge is -2.21. The van der Waals surface area contributed by atoms with Gasteiger partial charge in [0.2, 0.25) is 0 Å². The van der Waals surface area contributed by atoms with E-state index < -0.39 is 0 Å². The lowest BCUT2D eigenvalue weighted by Crippen LogP contribution is -2.18. The van der Waals surface area contributed by atoms with Crippen LogP contribution in [0.2, 0.25) is 0 Å². The molecule has 1 aromatic rings. The molecule has 0 spiro atoms. The molecule has 1 saturated heterocycles. The molecule has 1 N–H and O–H groups in total. The highest BCUT2D eigenvalue weighted by molar-refractivity contribution is 5.15. The van der Waals surface area contributed by atoms with Gasteiger partial charge in [0.1, 0.15) is 0 Å². The highest BCUT2D eigenvalue weighted by Gasteiger charge is 2.26. The van der Waals surface area contributed by atoms with E-state index in [2.05, 4.69) is 42.1 Å². The van der Waals surface area contributed by atoms with Crippen molar-refractivity contribution in [3.63, 3.8) is 0 Å². The van der Waals surface area contributed by atoms with Crippen LogP contribution < -0.4 is 5.32 Å². The van der Waals surface area contributed by atoms with Crippen molar-refractivity contribution in [2.45, 2.75) is 32.6 Å². The molecule has 0 aliphatic carbocycles. The average Bonchev–Trinajstić information content (AvgIpc) is 2.79. The topological polar surface area (TPSA) is 29.9 Å². The van der Waals surface area contributed by atoms with Crippen molar-refractivity contribution in [2.24, 2.45) is 13.0 Å². The molecule has 0 saturated carbocycles. The number of aryl methyl sites for hydroxylation is 2. The minimum absolute atomic E-state index is 0.672. The quantitative estimate of drug-likeness (QED) is 0.819. The van der Waals surface area contributed by atoms with Crippen LogP contribution in [0.1, 0.15) is 37.1 Å². The van der Waals surface area contributed by atoms with E-state index in [0.29, 0.717) is 5.92 Å². The van der Waals surface area contributed by atoms with Crippen LogP contribution in [0.25, 0.3) is 0 Å². The van der Waals surface area contributed by atoms with Gasteiger partial charge in [-0.25, -0.2) is 0 Å². The second kappa shape index (κ2) is 4.35. The third kappa shape index (κ3) is 2.07. The fraction of sp³-hybridized carbons (Fsp3) is 0.750. The molecule has 3 nitrogen and oxygen atoms in total. The molecular weight excluding hydrogens is 186 g/mol. The van der Waals surface area contributed by atoms with E-state index in [1.807, 2.05) is 0 Å². The van der Waals surface area contributed by atoms with Crippen molar-refractivity contribution in [1.29, 1.82) is 0 Å². The van der Waals surface area contributed by atoms with Crippen molar-refractivity contribution < 1.29 is 0 Å². The van der Waals surface area contributed by atoms with E-state index in [0.717, 1.165) is 11.6 Å². The van der Waals surface area contributed by atoms with Crippen LogP contribution in [0.4, 0.5) is 0 Å². The Bertz CT molecular complexity index is 324. The molecule has 1 aliphatic rings. The second-order valence-electron chi connectivity index (χ2n) is 4.60. The van der Waals surface area contributed by atoms with E-state index in [1.165, 1.54) is 31.6 Å². The van der Waals surface area contributed by atoms with Crippen molar-refractivity contribution in [3.8, 4) is 0 Å². The molecule has 2 heterocycles. The first-order valence-corrected chi connectivity index (χ1v) is 5.93. The molecule has 1 fully saturated rings. The van der Waals surface area contributed by atoms with Crippen LogP contribution in [0.15, 0.2) is 6.07 Å². The third-order valence-corrected chi connectivity index (χ3v) is 3.53. The van der Waals surface area contributed by atoms with Crippen LogP contribution in [0, 0.1) is 12.8 Å². The van der Waals surface area contributed by atoms with E-state index in [4.69, 9.17) is 0 Å². The van der Waals surface area contributed by atoms with Gasteiger partial charge in [0.05, 0.1) is 5.69 Å². The monoisotopic (exact) mass is 207 g/mol. The minimum atomic E-state index is 0.672. The second-order valence-corrected chi connectivity index (χ2v) is 4.60. The Hall–Kier alpha value is -0.830. The zero-order chi connectivity index (χ0) is 10.8. The number of hydrogen-bond acceptors (Lipinski definition) is 2.